The molecule has 1 aliphatic rings. The average Bonchev–Trinajstić information content (AvgIpc) is 3.04. The molecule has 1 heterocycles. The minimum Gasteiger partial charge on any atom is -0.323 e. The lowest BCUT2D eigenvalue weighted by atomic mass is 10.1. The minimum atomic E-state index is 0.222. The van der Waals surface area contributed by atoms with Gasteiger partial charge in [0.2, 0.25) is 11.8 Å². The number of carbonyl (C=O) groups is 2. The second kappa shape index (κ2) is 12.4. The third-order valence-corrected chi connectivity index (χ3v) is 4.68. The van der Waals surface area contributed by atoms with E-state index in [1.807, 2.05) is 9.80 Å². The van der Waals surface area contributed by atoms with Crippen LogP contribution in [0.25, 0.3) is 0 Å². The lowest BCUT2D eigenvalue weighted by Crippen LogP contribution is -2.33. The molecule has 0 atom stereocenters. The monoisotopic (exact) mass is 324 g/mol. The van der Waals surface area contributed by atoms with Crippen LogP contribution in [0.15, 0.2) is 0 Å². The third kappa shape index (κ3) is 8.38. The molecule has 1 rings (SSSR count). The topological polar surface area (TPSA) is 40.6 Å². The van der Waals surface area contributed by atoms with E-state index in [0.29, 0.717) is 19.5 Å². The van der Waals surface area contributed by atoms with Gasteiger partial charge in [0.1, 0.15) is 0 Å². The maximum Gasteiger partial charge on any atom is 0.224 e. The van der Waals surface area contributed by atoms with Crippen LogP contribution in [0.2, 0.25) is 0 Å². The van der Waals surface area contributed by atoms with Crippen molar-refractivity contribution in [3.8, 4) is 0 Å². The molecule has 0 aromatic rings. The number of carbonyl (C=O) groups excluding carboxylic acids is 2. The largest absolute Gasteiger partial charge is 0.323 e. The minimum absolute atomic E-state index is 0.222. The van der Waals surface area contributed by atoms with Gasteiger partial charge in [-0.15, -0.1) is 0 Å². The van der Waals surface area contributed by atoms with Crippen LogP contribution < -0.4 is 0 Å². The Bertz CT molecular complexity index is 312. The van der Waals surface area contributed by atoms with Gasteiger partial charge in [-0.25, -0.2) is 0 Å². The van der Waals surface area contributed by atoms with Crippen molar-refractivity contribution in [1.82, 2.24) is 9.80 Å². The highest BCUT2D eigenvalue weighted by Crippen LogP contribution is 2.13. The second-order valence-corrected chi connectivity index (χ2v) is 6.78. The predicted molar refractivity (Wildman–Crippen MR) is 95.0 cm³/mol. The summed E-state index contributed by atoms with van der Waals surface area (Å²) in [5.41, 5.74) is 0. The van der Waals surface area contributed by atoms with Crippen molar-refractivity contribution in [2.45, 2.75) is 90.9 Å². The fraction of sp³-hybridized carbons (Fsp3) is 0.895. The summed E-state index contributed by atoms with van der Waals surface area (Å²) < 4.78 is 0. The summed E-state index contributed by atoms with van der Waals surface area (Å²) in [5, 5.41) is 0. The molecule has 0 saturated carbocycles. The van der Waals surface area contributed by atoms with Crippen LogP contribution in [0, 0.1) is 0 Å². The maximum absolute atomic E-state index is 12.2. The highest BCUT2D eigenvalue weighted by Gasteiger charge is 2.26. The Labute approximate surface area is 142 Å². The van der Waals surface area contributed by atoms with Gasteiger partial charge in [0.15, 0.2) is 0 Å². The van der Waals surface area contributed by atoms with E-state index in [2.05, 4.69) is 13.8 Å². The molecule has 4 nitrogen and oxygen atoms in total. The Morgan fingerprint density at radius 1 is 0.652 bits per heavy atom. The standard InChI is InChI=1S/C19H36N2O2/c1-3-5-7-9-11-13-18(22)20-15-16-21(17-20)19(23)14-12-10-8-6-4-2/h3-17H2,1-2H3. The first kappa shape index (κ1) is 20.0. The lowest BCUT2D eigenvalue weighted by molar-refractivity contribution is -0.134. The first-order chi connectivity index (χ1) is 11.2. The Balaban J connectivity index is 2.13. The first-order valence-electron chi connectivity index (χ1n) is 9.74. The van der Waals surface area contributed by atoms with Crippen LogP contribution in [0.1, 0.15) is 90.9 Å². The van der Waals surface area contributed by atoms with Crippen LogP contribution >= 0.6 is 0 Å². The van der Waals surface area contributed by atoms with E-state index in [0.717, 1.165) is 38.8 Å². The van der Waals surface area contributed by atoms with E-state index in [1.165, 1.54) is 38.5 Å². The van der Waals surface area contributed by atoms with Crippen molar-refractivity contribution in [2.75, 3.05) is 19.8 Å². The third-order valence-electron chi connectivity index (χ3n) is 4.68. The molecule has 4 heteroatoms. The lowest BCUT2D eigenvalue weighted by Gasteiger charge is -2.18. The van der Waals surface area contributed by atoms with Crippen molar-refractivity contribution >= 4 is 11.8 Å². The van der Waals surface area contributed by atoms with Gasteiger partial charge >= 0.3 is 0 Å². The number of rotatable bonds is 12. The molecule has 0 radical (unpaired) electrons. The van der Waals surface area contributed by atoms with Crippen molar-refractivity contribution < 1.29 is 9.59 Å². The molecule has 0 spiro atoms. The summed E-state index contributed by atoms with van der Waals surface area (Å²) in [5.74, 6) is 0.444. The second-order valence-electron chi connectivity index (χ2n) is 6.78. The molecule has 0 unspecified atom stereocenters. The molecule has 0 bridgehead atoms. The maximum atomic E-state index is 12.2. The van der Waals surface area contributed by atoms with E-state index < -0.39 is 0 Å². The summed E-state index contributed by atoms with van der Waals surface area (Å²) >= 11 is 0. The van der Waals surface area contributed by atoms with Crippen molar-refractivity contribution in [3.63, 3.8) is 0 Å². The van der Waals surface area contributed by atoms with Crippen molar-refractivity contribution in [3.05, 3.63) is 0 Å². The first-order valence-corrected chi connectivity index (χ1v) is 9.74. The van der Waals surface area contributed by atoms with Gasteiger partial charge in [-0.1, -0.05) is 65.2 Å². The number of unbranched alkanes of at least 4 members (excludes halogenated alkanes) is 8. The zero-order valence-corrected chi connectivity index (χ0v) is 15.3. The molecule has 0 aliphatic carbocycles. The molecule has 1 fully saturated rings. The number of hydrogen-bond acceptors (Lipinski definition) is 2. The molecular weight excluding hydrogens is 288 g/mol. The van der Waals surface area contributed by atoms with Crippen LogP contribution in [0.4, 0.5) is 0 Å². The van der Waals surface area contributed by atoms with E-state index in [-0.39, 0.29) is 11.8 Å². The highest BCUT2D eigenvalue weighted by molar-refractivity contribution is 5.80. The summed E-state index contributed by atoms with van der Waals surface area (Å²) in [6.45, 7) is 6.35. The number of nitrogens with zero attached hydrogens (tertiary/aromatic N) is 2. The molecule has 134 valence electrons. The van der Waals surface area contributed by atoms with Crippen molar-refractivity contribution in [1.29, 1.82) is 0 Å². The zero-order valence-electron chi connectivity index (χ0n) is 15.3. The Kier molecular flexibility index (Phi) is 10.8. The SMILES string of the molecule is CCCCCCCC(=O)N1CCN(C(=O)CCCCCCC)C1. The van der Waals surface area contributed by atoms with E-state index in [9.17, 15) is 9.59 Å². The molecule has 23 heavy (non-hydrogen) atoms. The van der Waals surface area contributed by atoms with Crippen LogP contribution in [-0.4, -0.2) is 41.4 Å². The van der Waals surface area contributed by atoms with Gasteiger partial charge in [0.05, 0.1) is 6.67 Å². The fourth-order valence-electron chi connectivity index (χ4n) is 3.07. The van der Waals surface area contributed by atoms with Crippen LogP contribution in [0.3, 0.4) is 0 Å². The van der Waals surface area contributed by atoms with Gasteiger partial charge < -0.3 is 9.80 Å². The normalized spacial score (nSPS) is 14.5. The summed E-state index contributed by atoms with van der Waals surface area (Å²) in [7, 11) is 0. The van der Waals surface area contributed by atoms with E-state index >= 15 is 0 Å². The molecule has 1 aliphatic heterocycles. The molecule has 0 aromatic carbocycles. The quantitative estimate of drug-likeness (QED) is 0.501. The Hall–Kier alpha value is -1.06. The molecular formula is C19H36N2O2. The van der Waals surface area contributed by atoms with Gasteiger partial charge in [-0.05, 0) is 12.8 Å². The highest BCUT2D eigenvalue weighted by atomic mass is 16.2. The smallest absolute Gasteiger partial charge is 0.224 e. The predicted octanol–water partition coefficient (Wildman–Crippen LogP) is 4.34. The Morgan fingerprint density at radius 3 is 1.43 bits per heavy atom. The van der Waals surface area contributed by atoms with E-state index in [1.54, 1.807) is 0 Å². The fourth-order valence-corrected chi connectivity index (χ4v) is 3.07. The van der Waals surface area contributed by atoms with Crippen LogP contribution in [0.5, 0.6) is 0 Å². The van der Waals surface area contributed by atoms with Gasteiger partial charge in [-0.2, -0.15) is 0 Å². The average molecular weight is 325 g/mol. The van der Waals surface area contributed by atoms with Gasteiger partial charge in [-0.3, -0.25) is 9.59 Å². The zero-order chi connectivity index (χ0) is 16.9. The number of amides is 2. The Morgan fingerprint density at radius 2 is 1.04 bits per heavy atom. The summed E-state index contributed by atoms with van der Waals surface area (Å²) in [6.07, 6.45) is 13.0. The van der Waals surface area contributed by atoms with Gasteiger partial charge in [0, 0.05) is 25.9 Å². The molecule has 0 aromatic heterocycles. The summed E-state index contributed by atoms with van der Waals surface area (Å²) in [4.78, 5) is 28.0. The van der Waals surface area contributed by atoms with Crippen LogP contribution in [-0.2, 0) is 9.59 Å². The van der Waals surface area contributed by atoms with Gasteiger partial charge in [0.25, 0.3) is 0 Å². The molecule has 2 amide bonds. The van der Waals surface area contributed by atoms with Crippen molar-refractivity contribution in [2.24, 2.45) is 0 Å². The number of hydrogen-bond donors (Lipinski definition) is 0. The molecule has 1 saturated heterocycles. The molecule has 0 N–H and O–H groups in total. The summed E-state index contributed by atoms with van der Waals surface area (Å²) in [6, 6.07) is 0. The van der Waals surface area contributed by atoms with E-state index in [4.69, 9.17) is 0 Å².